The Hall–Kier alpha value is -1.02. The van der Waals surface area contributed by atoms with Gasteiger partial charge in [0.2, 0.25) is 0 Å². The molecule has 1 aromatic carbocycles. The lowest BCUT2D eigenvalue weighted by Gasteiger charge is -2.22. The van der Waals surface area contributed by atoms with Crippen LogP contribution in [0.1, 0.15) is 38.2 Å². The van der Waals surface area contributed by atoms with Gasteiger partial charge in [-0.05, 0) is 49.5 Å². The van der Waals surface area contributed by atoms with E-state index >= 15 is 0 Å². The largest absolute Gasteiger partial charge is 0.508 e. The summed E-state index contributed by atoms with van der Waals surface area (Å²) in [5, 5.41) is 12.5. The third-order valence-electron chi connectivity index (χ3n) is 2.70. The molecule has 0 atom stereocenters. The van der Waals surface area contributed by atoms with Gasteiger partial charge in [0.25, 0.3) is 0 Å². The molecule has 15 heavy (non-hydrogen) atoms. The molecule has 1 aromatic rings. The minimum Gasteiger partial charge on any atom is -0.508 e. The van der Waals surface area contributed by atoms with E-state index in [1.54, 1.807) is 12.1 Å². The molecule has 1 heterocycles. The van der Waals surface area contributed by atoms with Crippen LogP contribution in [0.25, 0.3) is 0 Å². The van der Waals surface area contributed by atoms with E-state index in [9.17, 15) is 0 Å². The molecule has 0 aliphatic carbocycles. The second kappa shape index (κ2) is 6.46. The molecule has 0 saturated carbocycles. The molecular formula is C13H21NO. The van der Waals surface area contributed by atoms with Crippen molar-refractivity contribution in [2.75, 3.05) is 13.1 Å². The maximum absolute atomic E-state index is 9.14. The van der Waals surface area contributed by atoms with Crippen molar-refractivity contribution in [3.63, 3.8) is 0 Å². The maximum Gasteiger partial charge on any atom is 0.115 e. The number of nitrogens with one attached hydrogen (secondary N) is 1. The zero-order valence-corrected chi connectivity index (χ0v) is 9.66. The summed E-state index contributed by atoms with van der Waals surface area (Å²) < 4.78 is 0. The first-order valence-corrected chi connectivity index (χ1v) is 5.86. The van der Waals surface area contributed by atoms with E-state index in [1.165, 1.54) is 18.4 Å². The molecule has 2 N–H and O–H groups in total. The number of phenols is 1. The van der Waals surface area contributed by atoms with Crippen LogP contribution in [0.5, 0.6) is 5.75 Å². The molecule has 2 heteroatoms. The molecule has 0 amide bonds. The zero-order valence-electron chi connectivity index (χ0n) is 9.66. The summed E-state index contributed by atoms with van der Waals surface area (Å²) in [4.78, 5) is 0. The van der Waals surface area contributed by atoms with Crippen LogP contribution in [0.3, 0.4) is 0 Å². The predicted molar refractivity (Wildman–Crippen MR) is 64.3 cm³/mol. The zero-order chi connectivity index (χ0) is 11.1. The van der Waals surface area contributed by atoms with Crippen molar-refractivity contribution in [1.82, 2.24) is 5.32 Å². The quantitative estimate of drug-likeness (QED) is 0.742. The average molecular weight is 207 g/mol. The van der Waals surface area contributed by atoms with Crippen LogP contribution in [-0.4, -0.2) is 18.2 Å². The van der Waals surface area contributed by atoms with E-state index in [2.05, 4.69) is 5.32 Å². The molecular weight excluding hydrogens is 186 g/mol. The summed E-state index contributed by atoms with van der Waals surface area (Å²) in [5.41, 5.74) is 1.36. The molecule has 0 bridgehead atoms. The van der Waals surface area contributed by atoms with Crippen LogP contribution in [0.15, 0.2) is 24.3 Å². The highest BCUT2D eigenvalue weighted by molar-refractivity contribution is 5.28. The van der Waals surface area contributed by atoms with Crippen molar-refractivity contribution in [1.29, 1.82) is 0 Å². The molecule has 1 fully saturated rings. The number of aromatic hydroxyl groups is 1. The number of hydrogen-bond acceptors (Lipinski definition) is 2. The summed E-state index contributed by atoms with van der Waals surface area (Å²) in [6, 6.07) is 7.62. The highest BCUT2D eigenvalue weighted by atomic mass is 16.3. The molecule has 2 nitrogen and oxygen atoms in total. The number of benzene rings is 1. The second-order valence-electron chi connectivity index (χ2n) is 3.62. The molecule has 0 spiro atoms. The normalized spacial score (nSPS) is 16.7. The topological polar surface area (TPSA) is 32.3 Å². The smallest absolute Gasteiger partial charge is 0.115 e. The fourth-order valence-electron chi connectivity index (χ4n) is 1.90. The SMILES string of the molecule is CC.Oc1ccc(C2CCNCC2)cc1. The van der Waals surface area contributed by atoms with Crippen LogP contribution >= 0.6 is 0 Å². The molecule has 0 unspecified atom stereocenters. The van der Waals surface area contributed by atoms with Crippen LogP contribution in [0.4, 0.5) is 0 Å². The van der Waals surface area contributed by atoms with Gasteiger partial charge in [-0.15, -0.1) is 0 Å². The first kappa shape index (κ1) is 12.1. The molecule has 1 saturated heterocycles. The molecule has 0 radical (unpaired) electrons. The lowest BCUT2D eigenvalue weighted by Crippen LogP contribution is -2.26. The summed E-state index contributed by atoms with van der Waals surface area (Å²) in [6.45, 7) is 6.23. The lowest BCUT2D eigenvalue weighted by molar-refractivity contribution is 0.457. The van der Waals surface area contributed by atoms with Gasteiger partial charge in [-0.1, -0.05) is 26.0 Å². The first-order valence-electron chi connectivity index (χ1n) is 5.86. The van der Waals surface area contributed by atoms with Gasteiger partial charge >= 0.3 is 0 Å². The number of hydrogen-bond donors (Lipinski definition) is 2. The van der Waals surface area contributed by atoms with E-state index in [1.807, 2.05) is 26.0 Å². The highest BCUT2D eigenvalue weighted by Crippen LogP contribution is 2.26. The van der Waals surface area contributed by atoms with Gasteiger partial charge in [0.05, 0.1) is 0 Å². The van der Waals surface area contributed by atoms with Gasteiger partial charge in [-0.3, -0.25) is 0 Å². The minimum atomic E-state index is 0.359. The Bertz CT molecular complexity index is 262. The Morgan fingerprint density at radius 2 is 1.60 bits per heavy atom. The van der Waals surface area contributed by atoms with E-state index in [4.69, 9.17) is 5.11 Å². The van der Waals surface area contributed by atoms with E-state index in [0.29, 0.717) is 11.7 Å². The fraction of sp³-hybridized carbons (Fsp3) is 0.538. The standard InChI is InChI=1S/C11H15NO.C2H6/c13-11-3-1-9(2-4-11)10-5-7-12-8-6-10;1-2/h1-4,10,12-13H,5-8H2;1-2H3. The summed E-state index contributed by atoms with van der Waals surface area (Å²) in [5.74, 6) is 1.04. The molecule has 1 aliphatic rings. The van der Waals surface area contributed by atoms with Gasteiger partial charge < -0.3 is 10.4 Å². The number of phenolic OH excluding ortho intramolecular Hbond substituents is 1. The van der Waals surface area contributed by atoms with Crippen molar-refractivity contribution in [3.05, 3.63) is 29.8 Å². The van der Waals surface area contributed by atoms with Gasteiger partial charge in [-0.2, -0.15) is 0 Å². The Balaban J connectivity index is 0.000000531. The summed E-state index contributed by atoms with van der Waals surface area (Å²) >= 11 is 0. The van der Waals surface area contributed by atoms with Crippen molar-refractivity contribution < 1.29 is 5.11 Å². The Kier molecular flexibility index (Phi) is 5.19. The van der Waals surface area contributed by atoms with E-state index < -0.39 is 0 Å². The third kappa shape index (κ3) is 3.56. The monoisotopic (exact) mass is 207 g/mol. The fourth-order valence-corrected chi connectivity index (χ4v) is 1.90. The van der Waals surface area contributed by atoms with Crippen LogP contribution < -0.4 is 5.32 Å². The van der Waals surface area contributed by atoms with Crippen molar-refractivity contribution >= 4 is 0 Å². The molecule has 1 aliphatic heterocycles. The van der Waals surface area contributed by atoms with E-state index in [0.717, 1.165) is 13.1 Å². The van der Waals surface area contributed by atoms with Gasteiger partial charge in [0.1, 0.15) is 5.75 Å². The van der Waals surface area contributed by atoms with Crippen molar-refractivity contribution in [3.8, 4) is 5.75 Å². The van der Waals surface area contributed by atoms with Crippen molar-refractivity contribution in [2.24, 2.45) is 0 Å². The molecule has 84 valence electrons. The Morgan fingerprint density at radius 1 is 1.07 bits per heavy atom. The van der Waals surface area contributed by atoms with Gasteiger partial charge in [-0.25, -0.2) is 0 Å². The number of rotatable bonds is 1. The Morgan fingerprint density at radius 3 is 2.13 bits per heavy atom. The van der Waals surface area contributed by atoms with Crippen molar-refractivity contribution in [2.45, 2.75) is 32.6 Å². The Labute approximate surface area is 92.3 Å². The molecule has 0 aromatic heterocycles. The minimum absolute atomic E-state index is 0.359. The molecule has 2 rings (SSSR count). The number of piperidine rings is 1. The lowest BCUT2D eigenvalue weighted by atomic mass is 9.90. The van der Waals surface area contributed by atoms with Gasteiger partial charge in [0, 0.05) is 0 Å². The highest BCUT2D eigenvalue weighted by Gasteiger charge is 2.14. The van der Waals surface area contributed by atoms with Crippen LogP contribution in [-0.2, 0) is 0 Å². The van der Waals surface area contributed by atoms with Crippen LogP contribution in [0, 0.1) is 0 Å². The predicted octanol–water partition coefficient (Wildman–Crippen LogP) is 2.89. The first-order chi connectivity index (χ1) is 7.36. The second-order valence-corrected chi connectivity index (χ2v) is 3.62. The third-order valence-corrected chi connectivity index (χ3v) is 2.70. The van der Waals surface area contributed by atoms with Crippen LogP contribution in [0.2, 0.25) is 0 Å². The maximum atomic E-state index is 9.14. The average Bonchev–Trinajstić information content (AvgIpc) is 2.34. The summed E-state index contributed by atoms with van der Waals surface area (Å²) in [6.07, 6.45) is 2.43. The van der Waals surface area contributed by atoms with Gasteiger partial charge in [0.15, 0.2) is 0 Å². The van der Waals surface area contributed by atoms with E-state index in [-0.39, 0.29) is 0 Å². The summed E-state index contributed by atoms with van der Waals surface area (Å²) in [7, 11) is 0.